The predicted octanol–water partition coefficient (Wildman–Crippen LogP) is 2.31. The van der Waals surface area contributed by atoms with Gasteiger partial charge in [0.2, 0.25) is 0 Å². The summed E-state index contributed by atoms with van der Waals surface area (Å²) in [4.78, 5) is 11.4. The molecular formula is C14H21NO2. The molecule has 0 aliphatic carbocycles. The summed E-state index contributed by atoms with van der Waals surface area (Å²) in [7, 11) is 1.40. The van der Waals surface area contributed by atoms with Crippen LogP contribution in [0.3, 0.4) is 0 Å². The number of methoxy groups -OCH3 is 1. The number of esters is 1. The van der Waals surface area contributed by atoms with Crippen LogP contribution in [0, 0.1) is 12.3 Å². The fourth-order valence-electron chi connectivity index (χ4n) is 1.80. The van der Waals surface area contributed by atoms with E-state index in [0.717, 1.165) is 12.0 Å². The zero-order valence-corrected chi connectivity index (χ0v) is 11.0. The Labute approximate surface area is 103 Å². The van der Waals surface area contributed by atoms with Crippen LogP contribution in [-0.2, 0) is 11.2 Å². The summed E-state index contributed by atoms with van der Waals surface area (Å²) < 4.78 is 4.72. The predicted molar refractivity (Wildman–Crippen MR) is 69.1 cm³/mol. The van der Waals surface area contributed by atoms with Crippen LogP contribution in [0.1, 0.15) is 35.3 Å². The lowest BCUT2D eigenvalue weighted by atomic mass is 9.85. The molecule has 0 bridgehead atoms. The molecule has 94 valence electrons. The van der Waals surface area contributed by atoms with Crippen LogP contribution in [0.15, 0.2) is 18.2 Å². The minimum Gasteiger partial charge on any atom is -0.465 e. The van der Waals surface area contributed by atoms with E-state index in [1.54, 1.807) is 0 Å². The Morgan fingerprint density at radius 3 is 2.53 bits per heavy atom. The number of benzene rings is 1. The largest absolute Gasteiger partial charge is 0.465 e. The number of carbonyl (C=O) groups is 1. The number of aryl methyl sites for hydroxylation is 1. The van der Waals surface area contributed by atoms with E-state index in [1.807, 2.05) is 25.1 Å². The van der Waals surface area contributed by atoms with Gasteiger partial charge in [-0.15, -0.1) is 0 Å². The van der Waals surface area contributed by atoms with Gasteiger partial charge in [-0.05, 0) is 42.5 Å². The summed E-state index contributed by atoms with van der Waals surface area (Å²) in [6.45, 7) is 6.84. The first-order chi connectivity index (χ1) is 7.89. The van der Waals surface area contributed by atoms with E-state index in [1.165, 1.54) is 12.7 Å². The lowest BCUT2D eigenvalue weighted by molar-refractivity contribution is 0.0600. The molecule has 3 nitrogen and oxygen atoms in total. The maximum absolute atomic E-state index is 11.4. The first-order valence-electron chi connectivity index (χ1n) is 5.77. The fourth-order valence-corrected chi connectivity index (χ4v) is 1.80. The SMILES string of the molecule is COC(=O)c1ccc(CC(C)(C)CN)cc1C. The van der Waals surface area contributed by atoms with Crippen LogP contribution in [0.5, 0.6) is 0 Å². The lowest BCUT2D eigenvalue weighted by Crippen LogP contribution is -2.26. The van der Waals surface area contributed by atoms with Crippen LogP contribution in [0.25, 0.3) is 0 Å². The fraction of sp³-hybridized carbons (Fsp3) is 0.500. The Kier molecular flexibility index (Phi) is 4.29. The minimum atomic E-state index is -0.285. The van der Waals surface area contributed by atoms with Crippen LogP contribution >= 0.6 is 0 Å². The maximum atomic E-state index is 11.4. The van der Waals surface area contributed by atoms with Gasteiger partial charge in [-0.25, -0.2) is 4.79 Å². The average Bonchev–Trinajstić information content (AvgIpc) is 2.28. The van der Waals surface area contributed by atoms with Gasteiger partial charge in [0, 0.05) is 0 Å². The second kappa shape index (κ2) is 5.32. The van der Waals surface area contributed by atoms with Crippen molar-refractivity contribution < 1.29 is 9.53 Å². The smallest absolute Gasteiger partial charge is 0.338 e. The number of hydrogen-bond donors (Lipinski definition) is 1. The van der Waals surface area contributed by atoms with Crippen molar-refractivity contribution in [2.45, 2.75) is 27.2 Å². The van der Waals surface area contributed by atoms with Crippen LogP contribution in [0.2, 0.25) is 0 Å². The molecule has 0 saturated heterocycles. The molecule has 0 aliphatic rings. The Bertz CT molecular complexity index is 411. The van der Waals surface area contributed by atoms with Crippen LogP contribution in [0.4, 0.5) is 0 Å². The molecule has 0 spiro atoms. The number of rotatable bonds is 4. The molecule has 3 heteroatoms. The summed E-state index contributed by atoms with van der Waals surface area (Å²) in [6.07, 6.45) is 0.909. The molecule has 0 unspecified atom stereocenters. The molecule has 0 saturated carbocycles. The Morgan fingerprint density at radius 2 is 2.06 bits per heavy atom. The van der Waals surface area contributed by atoms with E-state index in [-0.39, 0.29) is 11.4 Å². The molecule has 1 aromatic rings. The molecule has 2 N–H and O–H groups in total. The molecule has 0 atom stereocenters. The average molecular weight is 235 g/mol. The van der Waals surface area contributed by atoms with Gasteiger partial charge in [0.1, 0.15) is 0 Å². The summed E-state index contributed by atoms with van der Waals surface area (Å²) >= 11 is 0. The monoisotopic (exact) mass is 235 g/mol. The Hall–Kier alpha value is -1.35. The maximum Gasteiger partial charge on any atom is 0.338 e. The quantitative estimate of drug-likeness (QED) is 0.815. The van der Waals surface area contributed by atoms with Gasteiger partial charge in [-0.3, -0.25) is 0 Å². The van der Waals surface area contributed by atoms with Crippen molar-refractivity contribution in [3.63, 3.8) is 0 Å². The lowest BCUT2D eigenvalue weighted by Gasteiger charge is -2.22. The highest BCUT2D eigenvalue weighted by atomic mass is 16.5. The molecule has 0 radical (unpaired) electrons. The second-order valence-corrected chi connectivity index (χ2v) is 5.19. The third kappa shape index (κ3) is 3.56. The van der Waals surface area contributed by atoms with Crippen LogP contribution < -0.4 is 5.73 Å². The number of carbonyl (C=O) groups excluding carboxylic acids is 1. The first-order valence-corrected chi connectivity index (χ1v) is 5.77. The van der Waals surface area contributed by atoms with Gasteiger partial charge < -0.3 is 10.5 Å². The molecule has 0 aromatic heterocycles. The van der Waals surface area contributed by atoms with E-state index in [0.29, 0.717) is 12.1 Å². The van der Waals surface area contributed by atoms with E-state index in [4.69, 9.17) is 10.5 Å². The number of ether oxygens (including phenoxy) is 1. The van der Waals surface area contributed by atoms with Crippen molar-refractivity contribution in [3.8, 4) is 0 Å². The van der Waals surface area contributed by atoms with Gasteiger partial charge in [0.05, 0.1) is 12.7 Å². The van der Waals surface area contributed by atoms with Gasteiger partial charge in [0.15, 0.2) is 0 Å². The third-order valence-corrected chi connectivity index (χ3v) is 2.93. The molecule has 0 fully saturated rings. The Morgan fingerprint density at radius 1 is 1.41 bits per heavy atom. The van der Waals surface area contributed by atoms with Crippen molar-refractivity contribution in [1.82, 2.24) is 0 Å². The van der Waals surface area contributed by atoms with E-state index in [2.05, 4.69) is 13.8 Å². The summed E-state index contributed by atoms with van der Waals surface area (Å²) in [5, 5.41) is 0. The zero-order chi connectivity index (χ0) is 13.1. The molecular weight excluding hydrogens is 214 g/mol. The van der Waals surface area contributed by atoms with Crippen molar-refractivity contribution in [2.24, 2.45) is 11.1 Å². The van der Waals surface area contributed by atoms with Crippen LogP contribution in [-0.4, -0.2) is 19.6 Å². The van der Waals surface area contributed by atoms with Gasteiger partial charge in [-0.2, -0.15) is 0 Å². The molecule has 0 aliphatic heterocycles. The van der Waals surface area contributed by atoms with Crippen molar-refractivity contribution >= 4 is 5.97 Å². The standard InChI is InChI=1S/C14H21NO2/c1-10-7-11(8-14(2,3)9-15)5-6-12(10)13(16)17-4/h5-7H,8-9,15H2,1-4H3. The van der Waals surface area contributed by atoms with E-state index >= 15 is 0 Å². The van der Waals surface area contributed by atoms with Crippen molar-refractivity contribution in [2.75, 3.05) is 13.7 Å². The highest BCUT2D eigenvalue weighted by Gasteiger charge is 2.17. The van der Waals surface area contributed by atoms with Crippen molar-refractivity contribution in [3.05, 3.63) is 34.9 Å². The minimum absolute atomic E-state index is 0.0826. The highest BCUT2D eigenvalue weighted by molar-refractivity contribution is 5.90. The summed E-state index contributed by atoms with van der Waals surface area (Å²) in [6, 6.07) is 5.82. The Balaban J connectivity index is 2.93. The van der Waals surface area contributed by atoms with Gasteiger partial charge in [-0.1, -0.05) is 26.0 Å². The van der Waals surface area contributed by atoms with Gasteiger partial charge in [0.25, 0.3) is 0 Å². The normalized spacial score (nSPS) is 11.4. The van der Waals surface area contributed by atoms with E-state index in [9.17, 15) is 4.79 Å². The summed E-state index contributed by atoms with van der Waals surface area (Å²) in [5.41, 5.74) is 8.57. The topological polar surface area (TPSA) is 52.3 Å². The first kappa shape index (κ1) is 13.7. The molecule has 1 aromatic carbocycles. The second-order valence-electron chi connectivity index (χ2n) is 5.19. The zero-order valence-electron chi connectivity index (χ0n) is 11.0. The van der Waals surface area contributed by atoms with Gasteiger partial charge >= 0.3 is 5.97 Å². The molecule has 1 rings (SSSR count). The molecule has 0 heterocycles. The highest BCUT2D eigenvalue weighted by Crippen LogP contribution is 2.22. The van der Waals surface area contributed by atoms with E-state index < -0.39 is 0 Å². The summed E-state index contributed by atoms with van der Waals surface area (Å²) in [5.74, 6) is -0.285. The molecule has 0 amide bonds. The van der Waals surface area contributed by atoms with Crippen molar-refractivity contribution in [1.29, 1.82) is 0 Å². The third-order valence-electron chi connectivity index (χ3n) is 2.93. The number of nitrogens with two attached hydrogens (primary N) is 1. The number of hydrogen-bond acceptors (Lipinski definition) is 3. The molecule has 17 heavy (non-hydrogen) atoms.